The van der Waals surface area contributed by atoms with E-state index in [4.69, 9.17) is 4.74 Å². The maximum Gasteiger partial charge on any atom is 0.157 e. The highest BCUT2D eigenvalue weighted by Crippen LogP contribution is 2.67. The summed E-state index contributed by atoms with van der Waals surface area (Å²) in [5.74, 6) is 4.76. The van der Waals surface area contributed by atoms with Crippen molar-refractivity contribution in [2.24, 2.45) is 46.3 Å². The summed E-state index contributed by atoms with van der Waals surface area (Å²) in [6.45, 7) is 8.55. The van der Waals surface area contributed by atoms with Crippen molar-refractivity contribution in [2.75, 3.05) is 13.7 Å². The molecule has 0 N–H and O–H groups in total. The number of carbonyl (C=O) groups excluding carboxylic acids is 1. The first-order valence-corrected chi connectivity index (χ1v) is 12.9. The molecule has 0 aliphatic heterocycles. The molecule has 4 nitrogen and oxygen atoms in total. The molecule has 4 aliphatic carbocycles. The molecule has 0 saturated heterocycles. The van der Waals surface area contributed by atoms with Crippen LogP contribution in [0.3, 0.4) is 0 Å². The average Bonchev–Trinajstić information content (AvgIpc) is 3.30. The van der Waals surface area contributed by atoms with Crippen molar-refractivity contribution >= 4 is 5.78 Å². The molecule has 1 aromatic heterocycles. The fraction of sp³-hybridized carbons (Fsp3) is 0.852. The Morgan fingerprint density at radius 2 is 1.87 bits per heavy atom. The van der Waals surface area contributed by atoms with Gasteiger partial charge in [0.2, 0.25) is 0 Å². The number of methoxy groups -OCH3 is 1. The summed E-state index contributed by atoms with van der Waals surface area (Å²) in [6, 6.07) is 0. The minimum Gasteiger partial charge on any atom is -0.384 e. The van der Waals surface area contributed by atoms with Crippen molar-refractivity contribution in [3.05, 3.63) is 18.0 Å². The number of aryl methyl sites for hydroxylation is 1. The van der Waals surface area contributed by atoms with Crippen LogP contribution in [0.4, 0.5) is 0 Å². The Morgan fingerprint density at radius 1 is 1.10 bits per heavy atom. The normalized spacial score (nSPS) is 44.4. The molecule has 0 radical (unpaired) electrons. The van der Waals surface area contributed by atoms with Gasteiger partial charge in [-0.3, -0.25) is 9.48 Å². The largest absolute Gasteiger partial charge is 0.384 e. The van der Waals surface area contributed by atoms with Gasteiger partial charge in [0.1, 0.15) is 0 Å². The maximum absolute atomic E-state index is 13.4. The molecular formula is C27H42N2O2. The highest BCUT2D eigenvalue weighted by Gasteiger charge is 2.61. The number of rotatable bonds is 5. The van der Waals surface area contributed by atoms with E-state index in [0.717, 1.165) is 48.2 Å². The molecule has 1 heterocycles. The molecule has 0 amide bonds. The van der Waals surface area contributed by atoms with Crippen LogP contribution in [-0.2, 0) is 16.1 Å². The molecule has 4 aliphatic rings. The molecule has 0 spiro atoms. The number of ketones is 1. The van der Waals surface area contributed by atoms with E-state index in [-0.39, 0.29) is 11.3 Å². The number of ether oxygens (including phenoxy) is 1. The zero-order chi connectivity index (χ0) is 21.8. The van der Waals surface area contributed by atoms with Gasteiger partial charge >= 0.3 is 0 Å². The molecule has 4 fully saturated rings. The molecular weight excluding hydrogens is 384 g/mol. The first kappa shape index (κ1) is 21.7. The smallest absolute Gasteiger partial charge is 0.157 e. The zero-order valence-electron chi connectivity index (χ0n) is 20.1. The number of carbonyl (C=O) groups is 1. The monoisotopic (exact) mass is 426 g/mol. The molecule has 0 bridgehead atoms. The molecule has 5 rings (SSSR count). The second-order valence-electron chi connectivity index (χ2n) is 12.1. The maximum atomic E-state index is 13.4. The van der Waals surface area contributed by atoms with E-state index in [1.54, 1.807) is 0 Å². The molecule has 8 atom stereocenters. The van der Waals surface area contributed by atoms with E-state index < -0.39 is 0 Å². The van der Waals surface area contributed by atoms with Crippen molar-refractivity contribution in [3.8, 4) is 0 Å². The lowest BCUT2D eigenvalue weighted by Gasteiger charge is -2.61. The van der Waals surface area contributed by atoms with Crippen molar-refractivity contribution in [2.45, 2.75) is 85.1 Å². The Kier molecular flexibility index (Phi) is 5.60. The van der Waals surface area contributed by atoms with Gasteiger partial charge in [0, 0.05) is 25.8 Å². The lowest BCUT2D eigenvalue weighted by molar-refractivity contribution is -0.138. The Morgan fingerprint density at radius 3 is 2.61 bits per heavy atom. The second kappa shape index (κ2) is 8.01. The Labute approximate surface area is 188 Å². The topological polar surface area (TPSA) is 44.1 Å². The molecule has 8 unspecified atom stereocenters. The molecule has 1 aromatic rings. The van der Waals surface area contributed by atoms with Crippen LogP contribution < -0.4 is 0 Å². The van der Waals surface area contributed by atoms with E-state index in [2.05, 4.69) is 18.9 Å². The summed E-state index contributed by atoms with van der Waals surface area (Å²) >= 11 is 0. The van der Waals surface area contributed by atoms with Crippen LogP contribution in [0.15, 0.2) is 12.4 Å². The van der Waals surface area contributed by atoms with Gasteiger partial charge in [-0.2, -0.15) is 5.10 Å². The summed E-state index contributed by atoms with van der Waals surface area (Å²) in [6.07, 6.45) is 15.7. The number of hydrogen-bond acceptors (Lipinski definition) is 3. The van der Waals surface area contributed by atoms with Crippen LogP contribution in [0.25, 0.3) is 0 Å². The third-order valence-electron chi connectivity index (χ3n) is 10.6. The number of Topliss-reactive ketones (excluding diaryl/α,β-unsaturated/α-hetero) is 1. The standard InChI is InChI=1S/C27H42N2O2/c1-18-14-28-29(15-18)16-25(30)24-8-7-22-21-6-5-20-13-19(17-31-4)9-11-26(20,2)23(21)10-12-27(22,24)3/h14-15,19-24H,5-13,16-17H2,1-4H3. The number of fused-ring (bicyclic) bond motifs is 5. The van der Waals surface area contributed by atoms with Crippen LogP contribution >= 0.6 is 0 Å². The predicted octanol–water partition coefficient (Wildman–Crippen LogP) is 5.68. The van der Waals surface area contributed by atoms with Gasteiger partial charge < -0.3 is 4.74 Å². The van der Waals surface area contributed by atoms with E-state index >= 15 is 0 Å². The van der Waals surface area contributed by atoms with E-state index in [0.29, 0.717) is 17.7 Å². The zero-order valence-corrected chi connectivity index (χ0v) is 20.1. The Bertz CT molecular complexity index is 818. The van der Waals surface area contributed by atoms with Crippen molar-refractivity contribution in [3.63, 3.8) is 0 Å². The summed E-state index contributed by atoms with van der Waals surface area (Å²) < 4.78 is 7.36. The number of nitrogens with zero attached hydrogens (tertiary/aromatic N) is 2. The molecule has 172 valence electrons. The van der Waals surface area contributed by atoms with Crippen LogP contribution in [0.1, 0.15) is 77.2 Å². The average molecular weight is 427 g/mol. The highest BCUT2D eigenvalue weighted by atomic mass is 16.5. The Balaban J connectivity index is 1.31. The van der Waals surface area contributed by atoms with Crippen LogP contribution in [-0.4, -0.2) is 29.3 Å². The number of aromatic nitrogens is 2. The quantitative estimate of drug-likeness (QED) is 0.608. The minimum absolute atomic E-state index is 0.205. The van der Waals surface area contributed by atoms with Crippen molar-refractivity contribution in [1.82, 2.24) is 9.78 Å². The van der Waals surface area contributed by atoms with Crippen LogP contribution in [0.2, 0.25) is 0 Å². The first-order valence-electron chi connectivity index (χ1n) is 12.9. The van der Waals surface area contributed by atoms with Crippen LogP contribution in [0, 0.1) is 53.3 Å². The van der Waals surface area contributed by atoms with Crippen LogP contribution in [0.5, 0.6) is 0 Å². The van der Waals surface area contributed by atoms with Gasteiger partial charge in [0.05, 0.1) is 12.7 Å². The number of hydrogen-bond donors (Lipinski definition) is 0. The van der Waals surface area contributed by atoms with E-state index in [1.807, 2.05) is 31.1 Å². The molecule has 4 saturated carbocycles. The lowest BCUT2D eigenvalue weighted by Crippen LogP contribution is -2.54. The summed E-state index contributed by atoms with van der Waals surface area (Å²) in [7, 11) is 1.86. The van der Waals surface area contributed by atoms with Gasteiger partial charge in [-0.25, -0.2) is 0 Å². The van der Waals surface area contributed by atoms with Crippen molar-refractivity contribution < 1.29 is 9.53 Å². The summed E-state index contributed by atoms with van der Waals surface area (Å²) in [5.41, 5.74) is 1.86. The van der Waals surface area contributed by atoms with Crippen molar-refractivity contribution in [1.29, 1.82) is 0 Å². The Hall–Kier alpha value is -1.16. The molecule has 0 aromatic carbocycles. The minimum atomic E-state index is 0.205. The molecule has 31 heavy (non-hydrogen) atoms. The second-order valence-corrected chi connectivity index (χ2v) is 12.1. The van der Waals surface area contributed by atoms with Gasteiger partial charge in [0.25, 0.3) is 0 Å². The third-order valence-corrected chi connectivity index (χ3v) is 10.6. The summed E-state index contributed by atoms with van der Waals surface area (Å²) in [4.78, 5) is 13.4. The fourth-order valence-corrected chi connectivity index (χ4v) is 9.09. The van der Waals surface area contributed by atoms with E-state index in [1.165, 1.54) is 51.4 Å². The SMILES string of the molecule is COCC1CCC2(C)C(CCC3C2CCC2(C)C(C(=O)Cn4cc(C)cn4)CCC32)C1. The predicted molar refractivity (Wildman–Crippen MR) is 123 cm³/mol. The first-order chi connectivity index (χ1) is 14.8. The van der Waals surface area contributed by atoms with Gasteiger partial charge in [0.15, 0.2) is 5.78 Å². The molecule has 4 heteroatoms. The van der Waals surface area contributed by atoms with Gasteiger partial charge in [-0.05, 0) is 111 Å². The fourth-order valence-electron chi connectivity index (χ4n) is 9.09. The van der Waals surface area contributed by atoms with Gasteiger partial charge in [-0.15, -0.1) is 0 Å². The lowest BCUT2D eigenvalue weighted by atomic mass is 9.44. The third kappa shape index (κ3) is 3.52. The van der Waals surface area contributed by atoms with E-state index in [9.17, 15) is 4.79 Å². The summed E-state index contributed by atoms with van der Waals surface area (Å²) in [5, 5.41) is 4.38. The van der Waals surface area contributed by atoms with Gasteiger partial charge in [-0.1, -0.05) is 13.8 Å². The highest BCUT2D eigenvalue weighted by molar-refractivity contribution is 5.82.